The van der Waals surface area contributed by atoms with Crippen LogP contribution in [-0.2, 0) is 16.8 Å². The molecule has 0 bridgehead atoms. The normalized spacial score (nSPS) is 15.8. The highest BCUT2D eigenvalue weighted by Crippen LogP contribution is 2.15. The van der Waals surface area contributed by atoms with E-state index >= 15 is 0 Å². The second-order valence-corrected chi connectivity index (χ2v) is 7.16. The third-order valence-electron chi connectivity index (χ3n) is 3.81. The van der Waals surface area contributed by atoms with Crippen molar-refractivity contribution in [2.24, 2.45) is 5.14 Å². The second-order valence-electron chi connectivity index (χ2n) is 5.61. The van der Waals surface area contributed by atoms with Crippen LogP contribution in [-0.4, -0.2) is 54.7 Å². The van der Waals surface area contributed by atoms with Crippen molar-refractivity contribution in [2.75, 3.05) is 26.2 Å². The lowest BCUT2D eigenvalue weighted by atomic mass is 10.3. The molecule has 1 saturated heterocycles. The summed E-state index contributed by atoms with van der Waals surface area (Å²) in [7, 11) is -3.75. The second kappa shape index (κ2) is 7.40. The van der Waals surface area contributed by atoms with Gasteiger partial charge in [0.15, 0.2) is 12.3 Å². The van der Waals surface area contributed by atoms with E-state index in [4.69, 9.17) is 14.3 Å². The molecule has 1 aromatic heterocycles. The zero-order valence-electron chi connectivity index (χ0n) is 13.7. The summed E-state index contributed by atoms with van der Waals surface area (Å²) in [5.41, 5.74) is 0.0897. The molecule has 1 aliphatic heterocycles. The van der Waals surface area contributed by atoms with Gasteiger partial charge in [-0.2, -0.15) is 12.7 Å². The maximum absolute atomic E-state index is 13.1. The zero-order chi connectivity index (χ0) is 18.7. The van der Waals surface area contributed by atoms with Gasteiger partial charge in [-0.1, -0.05) is 6.07 Å². The van der Waals surface area contributed by atoms with Crippen LogP contribution in [0.3, 0.4) is 0 Å². The highest BCUT2D eigenvalue weighted by atomic mass is 32.2. The Morgan fingerprint density at radius 3 is 2.69 bits per heavy atom. The van der Waals surface area contributed by atoms with Gasteiger partial charge in [-0.05, 0) is 12.1 Å². The molecule has 0 atom stereocenters. The Bertz CT molecular complexity index is 893. The smallest absolute Gasteiger partial charge is 0.277 e. The van der Waals surface area contributed by atoms with Crippen LogP contribution >= 0.6 is 0 Å². The first-order valence-electron chi connectivity index (χ1n) is 7.73. The van der Waals surface area contributed by atoms with Crippen molar-refractivity contribution in [3.05, 3.63) is 47.9 Å². The lowest BCUT2D eigenvalue weighted by molar-refractivity contribution is 0.0692. The Labute approximate surface area is 149 Å². The van der Waals surface area contributed by atoms with E-state index in [2.05, 4.69) is 4.98 Å². The topological polar surface area (TPSA) is 119 Å². The number of piperazine rings is 1. The molecule has 11 heteroatoms. The van der Waals surface area contributed by atoms with Crippen molar-refractivity contribution in [3.63, 3.8) is 0 Å². The average Bonchev–Trinajstić information content (AvgIpc) is 3.08. The van der Waals surface area contributed by atoms with Gasteiger partial charge in [-0.15, -0.1) is 0 Å². The third kappa shape index (κ3) is 4.36. The van der Waals surface area contributed by atoms with Crippen molar-refractivity contribution in [1.82, 2.24) is 14.2 Å². The summed E-state index contributed by atoms with van der Waals surface area (Å²) < 4.78 is 47.3. The molecule has 1 aromatic carbocycles. The van der Waals surface area contributed by atoms with Gasteiger partial charge < -0.3 is 14.1 Å². The summed E-state index contributed by atoms with van der Waals surface area (Å²) in [5.74, 6) is -0.319. The van der Waals surface area contributed by atoms with Crippen LogP contribution in [0.25, 0.3) is 0 Å². The van der Waals surface area contributed by atoms with Crippen LogP contribution < -0.4 is 9.88 Å². The van der Waals surface area contributed by atoms with Crippen LogP contribution in [0.5, 0.6) is 5.75 Å². The fourth-order valence-electron chi connectivity index (χ4n) is 2.48. The molecule has 3 rings (SSSR count). The molecule has 2 aromatic rings. The molecule has 0 aliphatic carbocycles. The van der Waals surface area contributed by atoms with Gasteiger partial charge in [0.2, 0.25) is 5.89 Å². The average molecular weight is 384 g/mol. The first-order valence-corrected chi connectivity index (χ1v) is 9.23. The molecule has 9 nitrogen and oxygen atoms in total. The SMILES string of the molecule is NS(=O)(=O)N1CCN(C(=O)c2coc(COc3cccc(F)c3)n2)CC1. The Kier molecular flexibility index (Phi) is 5.20. The van der Waals surface area contributed by atoms with E-state index in [1.807, 2.05) is 0 Å². The van der Waals surface area contributed by atoms with Crippen LogP contribution in [0, 0.1) is 5.82 Å². The Hall–Kier alpha value is -2.50. The van der Waals surface area contributed by atoms with Gasteiger partial charge in [0.05, 0.1) is 0 Å². The van der Waals surface area contributed by atoms with Crippen molar-refractivity contribution in [3.8, 4) is 5.75 Å². The number of nitrogens with two attached hydrogens (primary N) is 1. The number of hydrogen-bond donors (Lipinski definition) is 1. The molecule has 26 heavy (non-hydrogen) atoms. The van der Waals surface area contributed by atoms with Gasteiger partial charge in [-0.3, -0.25) is 4.79 Å². The number of ether oxygens (including phenoxy) is 1. The molecule has 1 fully saturated rings. The van der Waals surface area contributed by atoms with E-state index in [0.717, 1.165) is 4.31 Å². The molecular formula is C15H17FN4O5S. The van der Waals surface area contributed by atoms with Crippen LogP contribution in [0.2, 0.25) is 0 Å². The van der Waals surface area contributed by atoms with Gasteiger partial charge in [0.1, 0.15) is 17.8 Å². The molecule has 0 radical (unpaired) electrons. The number of carbonyl (C=O) groups excluding carboxylic acids is 1. The van der Waals surface area contributed by atoms with Gasteiger partial charge in [-0.25, -0.2) is 14.5 Å². The molecule has 0 unspecified atom stereocenters. The van der Waals surface area contributed by atoms with Crippen LogP contribution in [0.4, 0.5) is 4.39 Å². The summed E-state index contributed by atoms with van der Waals surface area (Å²) in [4.78, 5) is 17.9. The highest BCUT2D eigenvalue weighted by Gasteiger charge is 2.28. The summed E-state index contributed by atoms with van der Waals surface area (Å²) in [6, 6.07) is 5.61. The summed E-state index contributed by atoms with van der Waals surface area (Å²) in [6.07, 6.45) is 1.21. The molecule has 140 valence electrons. The van der Waals surface area contributed by atoms with Crippen molar-refractivity contribution < 1.29 is 26.8 Å². The number of amides is 1. The molecule has 2 heterocycles. The first-order chi connectivity index (χ1) is 12.3. The minimum Gasteiger partial charge on any atom is -0.484 e. The molecule has 0 saturated carbocycles. The lowest BCUT2D eigenvalue weighted by Crippen LogP contribution is -2.52. The summed E-state index contributed by atoms with van der Waals surface area (Å²) in [6.45, 7) is 0.598. The molecule has 1 aliphatic rings. The van der Waals surface area contributed by atoms with Crippen molar-refractivity contribution in [1.29, 1.82) is 0 Å². The quantitative estimate of drug-likeness (QED) is 0.795. The number of rotatable bonds is 5. The summed E-state index contributed by atoms with van der Waals surface area (Å²) >= 11 is 0. The number of halogens is 1. The predicted molar refractivity (Wildman–Crippen MR) is 87.8 cm³/mol. The van der Waals surface area contributed by atoms with E-state index < -0.39 is 16.0 Å². The standard InChI is InChI=1S/C15H17FN4O5S/c16-11-2-1-3-12(8-11)24-10-14-18-13(9-25-14)15(21)19-4-6-20(7-5-19)26(17,22)23/h1-3,8-9H,4-7,10H2,(H2,17,22,23). The minimum absolute atomic E-state index is 0.0596. The summed E-state index contributed by atoms with van der Waals surface area (Å²) in [5, 5.41) is 5.07. The number of oxazole rings is 1. The van der Waals surface area contributed by atoms with E-state index in [0.29, 0.717) is 5.75 Å². The van der Waals surface area contributed by atoms with E-state index in [1.165, 1.54) is 29.4 Å². The van der Waals surface area contributed by atoms with Crippen LogP contribution in [0.15, 0.2) is 34.9 Å². The number of benzene rings is 1. The number of aromatic nitrogens is 1. The molecule has 0 spiro atoms. The molecule has 1 amide bonds. The van der Waals surface area contributed by atoms with Gasteiger partial charge in [0.25, 0.3) is 16.1 Å². The molecule has 2 N–H and O–H groups in total. The third-order valence-corrected chi connectivity index (χ3v) is 4.90. The van der Waals surface area contributed by atoms with Crippen molar-refractivity contribution >= 4 is 16.1 Å². The highest BCUT2D eigenvalue weighted by molar-refractivity contribution is 7.86. The lowest BCUT2D eigenvalue weighted by Gasteiger charge is -2.32. The van der Waals surface area contributed by atoms with E-state index in [1.54, 1.807) is 6.07 Å². The number of carbonyl (C=O) groups is 1. The number of hydrogen-bond acceptors (Lipinski definition) is 6. The fourth-order valence-corrected chi connectivity index (χ4v) is 3.16. The van der Waals surface area contributed by atoms with Gasteiger partial charge in [0, 0.05) is 32.2 Å². The monoisotopic (exact) mass is 384 g/mol. The van der Waals surface area contributed by atoms with Gasteiger partial charge >= 0.3 is 0 Å². The van der Waals surface area contributed by atoms with Crippen LogP contribution in [0.1, 0.15) is 16.4 Å². The minimum atomic E-state index is -3.75. The predicted octanol–water partition coefficient (Wildman–Crippen LogP) is 0.354. The maximum atomic E-state index is 13.1. The Morgan fingerprint density at radius 2 is 2.04 bits per heavy atom. The first kappa shape index (κ1) is 18.3. The fraction of sp³-hybridized carbons (Fsp3) is 0.333. The maximum Gasteiger partial charge on any atom is 0.277 e. The Balaban J connectivity index is 1.57. The van der Waals surface area contributed by atoms with E-state index in [9.17, 15) is 17.6 Å². The number of nitrogens with zero attached hydrogens (tertiary/aromatic N) is 3. The van der Waals surface area contributed by atoms with E-state index in [-0.39, 0.29) is 50.3 Å². The zero-order valence-corrected chi connectivity index (χ0v) is 14.5. The Morgan fingerprint density at radius 1 is 1.31 bits per heavy atom. The molecular weight excluding hydrogens is 367 g/mol. The van der Waals surface area contributed by atoms with Crippen molar-refractivity contribution in [2.45, 2.75) is 6.61 Å². The largest absolute Gasteiger partial charge is 0.484 e.